The van der Waals surface area contributed by atoms with Crippen LogP contribution in [-0.4, -0.2) is 67.8 Å². The minimum atomic E-state index is -4.46. The van der Waals surface area contributed by atoms with Crippen LogP contribution in [0.4, 0.5) is 28.9 Å². The molecule has 0 aliphatic carbocycles. The average molecular weight is 621 g/mol. The number of carbonyl (C=O) groups is 2. The lowest BCUT2D eigenvalue weighted by Crippen LogP contribution is -2.47. The van der Waals surface area contributed by atoms with Crippen LogP contribution in [0.25, 0.3) is 0 Å². The molecule has 1 saturated heterocycles. The van der Waals surface area contributed by atoms with Gasteiger partial charge in [0.15, 0.2) is 5.01 Å². The van der Waals surface area contributed by atoms with Gasteiger partial charge in [0.1, 0.15) is 18.5 Å². The average Bonchev–Trinajstić information content (AvgIpc) is 3.44. The first-order valence-electron chi connectivity index (χ1n) is 12.6. The molecule has 1 aliphatic rings. The first-order valence-corrected chi connectivity index (χ1v) is 13.4. The molecule has 2 aromatic heterocycles. The van der Waals surface area contributed by atoms with Crippen molar-refractivity contribution >= 4 is 34.7 Å². The minimum absolute atomic E-state index is 0.00361. The number of aromatic carboxylic acids is 2. The van der Waals surface area contributed by atoms with Crippen molar-refractivity contribution in [2.24, 2.45) is 0 Å². The van der Waals surface area contributed by atoms with Crippen molar-refractivity contribution in [2.45, 2.75) is 19.6 Å². The molecule has 11 nitrogen and oxygen atoms in total. The third kappa shape index (κ3) is 7.71. The lowest BCUT2D eigenvalue weighted by molar-refractivity contribution is -0.137. The Morgan fingerprint density at radius 2 is 1.58 bits per heavy atom. The number of hydrogen-bond donors (Lipinski definition) is 2. The van der Waals surface area contributed by atoms with Gasteiger partial charge in [0.25, 0.3) is 0 Å². The van der Waals surface area contributed by atoms with Gasteiger partial charge >= 0.3 is 23.8 Å². The first-order chi connectivity index (χ1) is 20.3. The normalized spacial score (nSPS) is 13.3. The van der Waals surface area contributed by atoms with Crippen molar-refractivity contribution in [3.8, 4) is 0 Å². The van der Waals surface area contributed by atoms with E-state index in [1.807, 2.05) is 4.90 Å². The fourth-order valence-corrected chi connectivity index (χ4v) is 5.10. The lowest BCUT2D eigenvalue weighted by atomic mass is 10.0. The highest BCUT2D eigenvalue weighted by molar-refractivity contribution is 7.11. The van der Waals surface area contributed by atoms with Crippen LogP contribution in [0.15, 0.2) is 60.0 Å². The summed E-state index contributed by atoms with van der Waals surface area (Å²) in [4.78, 5) is 48.7. The van der Waals surface area contributed by atoms with Crippen LogP contribution in [0.5, 0.6) is 0 Å². The van der Waals surface area contributed by atoms with Crippen LogP contribution < -0.4 is 15.5 Å². The quantitative estimate of drug-likeness (QED) is 0.304. The summed E-state index contributed by atoms with van der Waals surface area (Å²) in [5, 5.41) is 17.8. The highest BCUT2D eigenvalue weighted by Gasteiger charge is 2.34. The number of aryl methyl sites for hydroxylation is 1. The third-order valence-corrected chi connectivity index (χ3v) is 7.45. The molecule has 43 heavy (non-hydrogen) atoms. The van der Waals surface area contributed by atoms with E-state index in [4.69, 9.17) is 0 Å². The van der Waals surface area contributed by atoms with Gasteiger partial charge in [0.2, 0.25) is 0 Å². The molecule has 16 heteroatoms. The molecule has 0 atom stereocenters. The van der Waals surface area contributed by atoms with Crippen molar-refractivity contribution in [3.05, 3.63) is 98.1 Å². The molecule has 226 valence electrons. The second-order valence-corrected chi connectivity index (χ2v) is 10.4. The van der Waals surface area contributed by atoms with Gasteiger partial charge in [-0.05, 0) is 48.9 Å². The molecule has 1 fully saturated rings. The predicted octanol–water partition coefficient (Wildman–Crippen LogP) is 4.02. The Balaban J connectivity index is 0.000000215. The van der Waals surface area contributed by atoms with Gasteiger partial charge < -0.3 is 20.0 Å². The van der Waals surface area contributed by atoms with Gasteiger partial charge in [0.05, 0.1) is 23.4 Å². The molecule has 2 N–H and O–H groups in total. The summed E-state index contributed by atoms with van der Waals surface area (Å²) < 4.78 is 51.0. The molecule has 0 unspecified atom stereocenters. The van der Waals surface area contributed by atoms with Crippen molar-refractivity contribution in [1.82, 2.24) is 19.5 Å². The van der Waals surface area contributed by atoms with Crippen molar-refractivity contribution in [3.63, 3.8) is 0 Å². The second-order valence-electron chi connectivity index (χ2n) is 9.29. The number of anilines is 2. The zero-order valence-corrected chi connectivity index (χ0v) is 23.3. The number of piperazine rings is 1. The van der Waals surface area contributed by atoms with Gasteiger partial charge in [-0.1, -0.05) is 0 Å². The van der Waals surface area contributed by atoms with Crippen molar-refractivity contribution in [2.75, 3.05) is 36.0 Å². The van der Waals surface area contributed by atoms with Gasteiger partial charge in [-0.25, -0.2) is 28.7 Å². The molecule has 0 radical (unpaired) electrons. The Hall–Kier alpha value is -4.86. The van der Waals surface area contributed by atoms with Gasteiger partial charge in [-0.2, -0.15) is 18.2 Å². The van der Waals surface area contributed by atoms with E-state index >= 15 is 0 Å². The Morgan fingerprint density at radius 1 is 0.953 bits per heavy atom. The van der Waals surface area contributed by atoms with E-state index in [-0.39, 0.29) is 23.5 Å². The summed E-state index contributed by atoms with van der Waals surface area (Å²) in [7, 11) is 0. The van der Waals surface area contributed by atoms with Crippen LogP contribution in [0.3, 0.4) is 0 Å². The van der Waals surface area contributed by atoms with Crippen LogP contribution >= 0.6 is 11.3 Å². The molecule has 0 saturated carbocycles. The number of halogens is 4. The number of aromatic nitrogens is 4. The number of alkyl halides is 3. The second kappa shape index (κ2) is 13.0. The zero-order chi connectivity index (χ0) is 31.3. The molecule has 0 spiro atoms. The van der Waals surface area contributed by atoms with E-state index in [1.165, 1.54) is 24.5 Å². The summed E-state index contributed by atoms with van der Waals surface area (Å²) >= 11 is 0.492. The van der Waals surface area contributed by atoms with E-state index in [0.29, 0.717) is 53.6 Å². The van der Waals surface area contributed by atoms with Crippen LogP contribution in [0.1, 0.15) is 36.2 Å². The molecule has 3 heterocycles. The molecule has 2 aromatic carbocycles. The topological polar surface area (TPSA) is 142 Å². The predicted molar refractivity (Wildman–Crippen MR) is 148 cm³/mol. The Kier molecular flexibility index (Phi) is 9.38. The first kappa shape index (κ1) is 31.1. The molecule has 5 rings (SSSR count). The highest BCUT2D eigenvalue weighted by Crippen LogP contribution is 2.32. The molecule has 0 bridgehead atoms. The third-order valence-electron chi connectivity index (χ3n) is 6.42. The maximum Gasteiger partial charge on any atom is 0.443 e. The van der Waals surface area contributed by atoms with Gasteiger partial charge in [-0.3, -0.25) is 4.57 Å². The summed E-state index contributed by atoms with van der Waals surface area (Å²) in [5.74, 6) is -2.58. The molecule has 0 amide bonds. The standard InChI is InChI=1S/C19H19FN2O4.C8H5F3N4OS/c1-12-10-17(16(19(25)26)11-15(12)18(23)24)22-8-6-21(7-9-22)14-4-2-13(20)3-5-14;9-8(10,11)6-13-1-5(17-6)2-15-4-12-3-14-7(15)16/h2-5,10-11H,6-9H2,1H3,(H,23,24)(H,25,26);1,3-4H,2H2. The number of nitrogens with zero attached hydrogens (tertiary/aromatic N) is 6. The highest BCUT2D eigenvalue weighted by atomic mass is 32.1. The molecule has 1 aliphatic heterocycles. The van der Waals surface area contributed by atoms with Crippen LogP contribution in [-0.2, 0) is 12.7 Å². The lowest BCUT2D eigenvalue weighted by Gasteiger charge is -2.38. The van der Waals surface area contributed by atoms with E-state index < -0.39 is 28.8 Å². The largest absolute Gasteiger partial charge is 0.478 e. The SMILES string of the molecule is Cc1cc(N2CCN(c3ccc(F)cc3)CC2)c(C(=O)O)cc1C(=O)O.O=c1ncncn1Cc1cnc(C(F)(F)F)s1. The Bertz CT molecular complexity index is 1670. The Morgan fingerprint density at radius 3 is 2.14 bits per heavy atom. The monoisotopic (exact) mass is 620 g/mol. The Labute approximate surface area is 245 Å². The molecular formula is C27H24F4N6O5S. The van der Waals surface area contributed by atoms with E-state index in [9.17, 15) is 42.2 Å². The molecule has 4 aromatic rings. The maximum atomic E-state index is 13.1. The fourth-order valence-electron chi connectivity index (χ4n) is 4.32. The van der Waals surface area contributed by atoms with E-state index in [1.54, 1.807) is 25.1 Å². The number of rotatable bonds is 6. The molecular weight excluding hydrogens is 596 g/mol. The summed E-state index contributed by atoms with van der Waals surface area (Å²) in [6.07, 6.45) is -1.08. The summed E-state index contributed by atoms with van der Waals surface area (Å²) in [5.41, 5.74) is 1.39. The minimum Gasteiger partial charge on any atom is -0.478 e. The number of thiazole rings is 1. The fraction of sp³-hybridized carbons (Fsp3) is 0.259. The number of carboxylic acids is 2. The van der Waals surface area contributed by atoms with Crippen LogP contribution in [0, 0.1) is 12.7 Å². The van der Waals surface area contributed by atoms with Gasteiger partial charge in [-0.15, -0.1) is 11.3 Å². The van der Waals surface area contributed by atoms with E-state index in [2.05, 4.69) is 19.9 Å². The number of carboxylic acid groups (broad SMARTS) is 2. The maximum absolute atomic E-state index is 13.1. The summed E-state index contributed by atoms with van der Waals surface area (Å²) in [6, 6.07) is 9.12. The van der Waals surface area contributed by atoms with E-state index in [0.717, 1.165) is 22.8 Å². The van der Waals surface area contributed by atoms with Gasteiger partial charge in [0, 0.05) is 42.9 Å². The number of benzene rings is 2. The zero-order valence-electron chi connectivity index (χ0n) is 22.5. The van der Waals surface area contributed by atoms with Crippen LogP contribution in [0.2, 0.25) is 0 Å². The van der Waals surface area contributed by atoms with Crippen molar-refractivity contribution < 1.29 is 37.4 Å². The van der Waals surface area contributed by atoms with Crippen molar-refractivity contribution in [1.29, 1.82) is 0 Å². The summed E-state index contributed by atoms with van der Waals surface area (Å²) in [6.45, 7) is 4.13. The smallest absolute Gasteiger partial charge is 0.443 e. The number of hydrogen-bond acceptors (Lipinski definition) is 9.